The SMILES string of the molecule is C=CCc1cncc(-n2cc(C)c3cc(F)ccc32)c1. The molecule has 3 heteroatoms. The Hall–Kier alpha value is -2.42. The highest BCUT2D eigenvalue weighted by molar-refractivity contribution is 5.85. The van der Waals surface area contributed by atoms with Crippen LogP contribution in [-0.2, 0) is 6.42 Å². The van der Waals surface area contributed by atoms with Crippen molar-refractivity contribution < 1.29 is 4.39 Å². The Morgan fingerprint density at radius 3 is 2.95 bits per heavy atom. The first-order chi connectivity index (χ1) is 9.69. The summed E-state index contributed by atoms with van der Waals surface area (Å²) < 4.78 is 15.4. The van der Waals surface area contributed by atoms with Gasteiger partial charge in [0.05, 0.1) is 17.4 Å². The maximum Gasteiger partial charge on any atom is 0.123 e. The molecule has 0 unspecified atom stereocenters. The molecule has 0 aliphatic rings. The number of aryl methyl sites for hydroxylation is 1. The van der Waals surface area contributed by atoms with Crippen LogP contribution >= 0.6 is 0 Å². The Balaban J connectivity index is 2.19. The number of fused-ring (bicyclic) bond motifs is 1. The second-order valence-electron chi connectivity index (χ2n) is 4.89. The van der Waals surface area contributed by atoms with Crippen LogP contribution in [0.2, 0.25) is 0 Å². The van der Waals surface area contributed by atoms with Gasteiger partial charge in [0, 0.05) is 17.8 Å². The third-order valence-corrected chi connectivity index (χ3v) is 3.40. The average molecular weight is 266 g/mol. The second kappa shape index (κ2) is 4.93. The van der Waals surface area contributed by atoms with Crippen molar-refractivity contribution in [3.63, 3.8) is 0 Å². The molecule has 3 aromatic rings. The molecule has 100 valence electrons. The van der Waals surface area contributed by atoms with E-state index in [9.17, 15) is 4.39 Å². The molecule has 20 heavy (non-hydrogen) atoms. The zero-order valence-corrected chi connectivity index (χ0v) is 11.3. The van der Waals surface area contributed by atoms with E-state index in [1.165, 1.54) is 6.07 Å². The molecule has 0 saturated heterocycles. The Morgan fingerprint density at radius 1 is 1.30 bits per heavy atom. The maximum atomic E-state index is 13.4. The minimum Gasteiger partial charge on any atom is -0.315 e. The van der Waals surface area contributed by atoms with Crippen molar-refractivity contribution in [2.45, 2.75) is 13.3 Å². The fourth-order valence-electron chi connectivity index (χ4n) is 2.46. The molecule has 0 radical (unpaired) electrons. The third-order valence-electron chi connectivity index (χ3n) is 3.40. The van der Waals surface area contributed by atoms with Gasteiger partial charge in [-0.3, -0.25) is 4.98 Å². The van der Waals surface area contributed by atoms with E-state index in [1.807, 2.05) is 36.2 Å². The lowest BCUT2D eigenvalue weighted by Gasteiger charge is -2.06. The highest BCUT2D eigenvalue weighted by atomic mass is 19.1. The van der Waals surface area contributed by atoms with Gasteiger partial charge in [-0.05, 0) is 48.7 Å². The summed E-state index contributed by atoms with van der Waals surface area (Å²) in [5, 5.41) is 0.930. The molecule has 0 saturated carbocycles. The van der Waals surface area contributed by atoms with Gasteiger partial charge >= 0.3 is 0 Å². The number of aromatic nitrogens is 2. The average Bonchev–Trinajstić information content (AvgIpc) is 2.77. The largest absolute Gasteiger partial charge is 0.315 e. The van der Waals surface area contributed by atoms with Gasteiger partial charge in [0.1, 0.15) is 5.82 Å². The number of hydrogen-bond donors (Lipinski definition) is 0. The van der Waals surface area contributed by atoms with Crippen molar-refractivity contribution in [1.29, 1.82) is 0 Å². The van der Waals surface area contributed by atoms with Crippen LogP contribution in [0, 0.1) is 12.7 Å². The van der Waals surface area contributed by atoms with Gasteiger partial charge in [0.2, 0.25) is 0 Å². The molecule has 2 heterocycles. The lowest BCUT2D eigenvalue weighted by molar-refractivity contribution is 0.629. The summed E-state index contributed by atoms with van der Waals surface area (Å²) in [6, 6.07) is 6.94. The lowest BCUT2D eigenvalue weighted by atomic mass is 10.2. The van der Waals surface area contributed by atoms with E-state index < -0.39 is 0 Å². The van der Waals surface area contributed by atoms with Crippen LogP contribution in [0.15, 0.2) is 55.5 Å². The number of benzene rings is 1. The zero-order valence-electron chi connectivity index (χ0n) is 11.3. The van der Waals surface area contributed by atoms with E-state index in [1.54, 1.807) is 12.1 Å². The first-order valence-electron chi connectivity index (χ1n) is 6.51. The van der Waals surface area contributed by atoms with Gasteiger partial charge < -0.3 is 4.57 Å². The molecule has 0 N–H and O–H groups in total. The summed E-state index contributed by atoms with van der Waals surface area (Å²) in [4.78, 5) is 4.27. The topological polar surface area (TPSA) is 17.8 Å². The zero-order chi connectivity index (χ0) is 14.1. The van der Waals surface area contributed by atoms with Gasteiger partial charge in [0.15, 0.2) is 0 Å². The van der Waals surface area contributed by atoms with Crippen LogP contribution in [0.4, 0.5) is 4.39 Å². The van der Waals surface area contributed by atoms with Crippen LogP contribution in [-0.4, -0.2) is 9.55 Å². The number of nitrogens with zero attached hydrogens (tertiary/aromatic N) is 2. The molecule has 0 aliphatic carbocycles. The van der Waals surface area contributed by atoms with Crippen molar-refractivity contribution in [3.05, 3.63) is 72.5 Å². The van der Waals surface area contributed by atoms with Crippen molar-refractivity contribution in [3.8, 4) is 5.69 Å². The molecule has 3 rings (SSSR count). The van der Waals surface area contributed by atoms with Crippen molar-refractivity contribution in [2.75, 3.05) is 0 Å². The Kier molecular flexibility index (Phi) is 3.11. The molecule has 1 aromatic carbocycles. The summed E-state index contributed by atoms with van der Waals surface area (Å²) in [7, 11) is 0. The van der Waals surface area contributed by atoms with E-state index in [0.29, 0.717) is 0 Å². The van der Waals surface area contributed by atoms with E-state index in [2.05, 4.69) is 17.6 Å². The number of allylic oxidation sites excluding steroid dienone is 1. The molecular formula is C17H15FN2. The first kappa shape index (κ1) is 12.6. The number of hydrogen-bond acceptors (Lipinski definition) is 1. The predicted octanol–water partition coefficient (Wildman–Crippen LogP) is 4.20. The predicted molar refractivity (Wildman–Crippen MR) is 79.7 cm³/mol. The van der Waals surface area contributed by atoms with Gasteiger partial charge in [-0.1, -0.05) is 6.08 Å². The standard InChI is InChI=1S/C17H15FN2/c1-3-4-13-7-15(10-19-9-13)20-11-12(2)16-8-14(18)5-6-17(16)20/h3,5-11H,1,4H2,2H3. The monoisotopic (exact) mass is 266 g/mol. The Morgan fingerprint density at radius 2 is 2.15 bits per heavy atom. The molecule has 0 atom stereocenters. The van der Waals surface area contributed by atoms with Crippen LogP contribution < -0.4 is 0 Å². The van der Waals surface area contributed by atoms with Gasteiger partial charge in [0.25, 0.3) is 0 Å². The molecule has 0 amide bonds. The lowest BCUT2D eigenvalue weighted by Crippen LogP contribution is -1.95. The van der Waals surface area contributed by atoms with E-state index in [-0.39, 0.29) is 5.82 Å². The van der Waals surface area contributed by atoms with Crippen molar-refractivity contribution in [1.82, 2.24) is 9.55 Å². The van der Waals surface area contributed by atoms with E-state index >= 15 is 0 Å². The summed E-state index contributed by atoms with van der Waals surface area (Å²) in [6.07, 6.45) is 8.31. The highest BCUT2D eigenvalue weighted by Gasteiger charge is 2.08. The first-order valence-corrected chi connectivity index (χ1v) is 6.51. The smallest absolute Gasteiger partial charge is 0.123 e. The Labute approximate surface area is 117 Å². The van der Waals surface area contributed by atoms with Crippen molar-refractivity contribution >= 4 is 10.9 Å². The molecule has 0 fully saturated rings. The van der Waals surface area contributed by atoms with E-state index in [0.717, 1.165) is 34.1 Å². The fraction of sp³-hybridized carbons (Fsp3) is 0.118. The van der Waals surface area contributed by atoms with Crippen LogP contribution in [0.1, 0.15) is 11.1 Å². The maximum absolute atomic E-state index is 13.4. The normalized spacial score (nSPS) is 10.9. The highest BCUT2D eigenvalue weighted by Crippen LogP contribution is 2.25. The molecule has 2 nitrogen and oxygen atoms in total. The molecule has 0 spiro atoms. The van der Waals surface area contributed by atoms with Gasteiger partial charge in [-0.2, -0.15) is 0 Å². The summed E-state index contributed by atoms with van der Waals surface area (Å²) in [5.74, 6) is -0.211. The minimum atomic E-state index is -0.211. The van der Waals surface area contributed by atoms with Crippen LogP contribution in [0.25, 0.3) is 16.6 Å². The third kappa shape index (κ3) is 2.11. The molecule has 0 aliphatic heterocycles. The summed E-state index contributed by atoms with van der Waals surface area (Å²) in [5.41, 5.74) is 4.13. The molecule has 0 bridgehead atoms. The van der Waals surface area contributed by atoms with Crippen molar-refractivity contribution in [2.24, 2.45) is 0 Å². The number of pyridine rings is 1. The summed E-state index contributed by atoms with van der Waals surface area (Å²) >= 11 is 0. The van der Waals surface area contributed by atoms with Crippen LogP contribution in [0.3, 0.4) is 0 Å². The number of rotatable bonds is 3. The Bertz CT molecular complexity index is 787. The molecular weight excluding hydrogens is 251 g/mol. The summed E-state index contributed by atoms with van der Waals surface area (Å²) in [6.45, 7) is 5.73. The quantitative estimate of drug-likeness (QED) is 0.650. The van der Waals surface area contributed by atoms with Gasteiger partial charge in [-0.25, -0.2) is 4.39 Å². The van der Waals surface area contributed by atoms with Crippen LogP contribution in [0.5, 0.6) is 0 Å². The number of halogens is 1. The second-order valence-corrected chi connectivity index (χ2v) is 4.89. The fourth-order valence-corrected chi connectivity index (χ4v) is 2.46. The minimum absolute atomic E-state index is 0.211. The van der Waals surface area contributed by atoms with Gasteiger partial charge in [-0.15, -0.1) is 6.58 Å². The van der Waals surface area contributed by atoms with E-state index in [4.69, 9.17) is 0 Å². The molecule has 2 aromatic heterocycles.